The van der Waals surface area contributed by atoms with Crippen LogP contribution in [0.2, 0.25) is 0 Å². The Morgan fingerprint density at radius 2 is 1.44 bits per heavy atom. The first-order valence-electron chi connectivity index (χ1n) is 11.7. The van der Waals surface area contributed by atoms with Gasteiger partial charge >= 0.3 is 0 Å². The number of nitrogens with two attached hydrogens (primary N) is 1. The number of phenols is 2. The molecule has 0 aliphatic rings. The van der Waals surface area contributed by atoms with Crippen LogP contribution in [0.15, 0.2) is 48.6 Å². The lowest BCUT2D eigenvalue weighted by Crippen LogP contribution is -2.34. The van der Waals surface area contributed by atoms with Crippen LogP contribution in [-0.2, 0) is 9.59 Å². The number of carbonyl (C=O) groups excluding carboxylic acids is 2. The van der Waals surface area contributed by atoms with Crippen LogP contribution >= 0.6 is 0 Å². The minimum Gasteiger partial charge on any atom is -0.504 e. The summed E-state index contributed by atoms with van der Waals surface area (Å²) in [6.45, 7) is 2.00. The van der Waals surface area contributed by atoms with E-state index in [1.54, 1.807) is 41.3 Å². The highest BCUT2D eigenvalue weighted by Crippen LogP contribution is 2.27. The number of hydrogen-bond acceptors (Lipinski definition) is 7. The van der Waals surface area contributed by atoms with Crippen LogP contribution < -0.4 is 20.5 Å². The minimum atomic E-state index is -0.260. The molecule has 36 heavy (non-hydrogen) atoms. The summed E-state index contributed by atoms with van der Waals surface area (Å²) in [7, 11) is 2.92. The largest absolute Gasteiger partial charge is 0.504 e. The fourth-order valence-electron chi connectivity index (χ4n) is 3.36. The molecule has 0 aromatic heterocycles. The number of ether oxygens (including phenoxy) is 2. The smallest absolute Gasteiger partial charge is 0.246 e. The highest BCUT2D eigenvalue weighted by atomic mass is 16.5. The quantitative estimate of drug-likeness (QED) is 0.233. The van der Waals surface area contributed by atoms with Crippen molar-refractivity contribution < 1.29 is 29.3 Å². The van der Waals surface area contributed by atoms with Crippen molar-refractivity contribution in [3.8, 4) is 23.0 Å². The Morgan fingerprint density at radius 3 is 2.00 bits per heavy atom. The van der Waals surface area contributed by atoms with Gasteiger partial charge in [-0.15, -0.1) is 0 Å². The number of carbonyl (C=O) groups is 2. The predicted molar refractivity (Wildman–Crippen MR) is 140 cm³/mol. The topological polar surface area (TPSA) is 134 Å². The van der Waals surface area contributed by atoms with E-state index in [9.17, 15) is 19.8 Å². The highest BCUT2D eigenvalue weighted by Gasteiger charge is 2.11. The van der Waals surface area contributed by atoms with E-state index in [1.165, 1.54) is 38.5 Å². The van der Waals surface area contributed by atoms with Gasteiger partial charge in [-0.1, -0.05) is 12.1 Å². The molecule has 0 atom stereocenters. The third-order valence-electron chi connectivity index (χ3n) is 5.35. The predicted octanol–water partition coefficient (Wildman–Crippen LogP) is 2.92. The average molecular weight is 498 g/mol. The van der Waals surface area contributed by atoms with E-state index >= 15 is 0 Å². The average Bonchev–Trinajstić information content (AvgIpc) is 2.88. The summed E-state index contributed by atoms with van der Waals surface area (Å²) in [4.78, 5) is 26.7. The van der Waals surface area contributed by atoms with Gasteiger partial charge < -0.3 is 35.6 Å². The Hall–Kier alpha value is -3.98. The number of benzene rings is 2. The van der Waals surface area contributed by atoms with Crippen molar-refractivity contribution in [1.82, 2.24) is 10.2 Å². The van der Waals surface area contributed by atoms with Gasteiger partial charge in [-0.05, 0) is 73.4 Å². The molecule has 0 radical (unpaired) electrons. The van der Waals surface area contributed by atoms with E-state index < -0.39 is 0 Å². The number of phenolic OH excluding ortho intramolecular Hbond substituents is 2. The summed E-state index contributed by atoms with van der Waals surface area (Å²) in [5, 5.41) is 22.2. The molecule has 0 aliphatic heterocycles. The molecule has 0 saturated carbocycles. The van der Waals surface area contributed by atoms with Crippen molar-refractivity contribution in [2.45, 2.75) is 19.3 Å². The van der Waals surface area contributed by atoms with Gasteiger partial charge in [0, 0.05) is 31.8 Å². The lowest BCUT2D eigenvalue weighted by molar-refractivity contribution is -0.126. The van der Waals surface area contributed by atoms with Crippen LogP contribution in [0.3, 0.4) is 0 Å². The molecule has 0 aliphatic carbocycles. The first-order chi connectivity index (χ1) is 17.4. The molecule has 0 bridgehead atoms. The maximum Gasteiger partial charge on any atom is 0.246 e. The van der Waals surface area contributed by atoms with Crippen molar-refractivity contribution in [2.75, 3.05) is 40.4 Å². The second-order valence-corrected chi connectivity index (χ2v) is 7.99. The molecule has 9 nitrogen and oxygen atoms in total. The van der Waals surface area contributed by atoms with Gasteiger partial charge in [0.1, 0.15) is 0 Å². The Bertz CT molecular complexity index is 1070. The lowest BCUT2D eigenvalue weighted by atomic mass is 10.2. The van der Waals surface area contributed by atoms with E-state index in [-0.39, 0.29) is 23.3 Å². The van der Waals surface area contributed by atoms with Gasteiger partial charge in [0.2, 0.25) is 11.8 Å². The van der Waals surface area contributed by atoms with Gasteiger partial charge in [0.25, 0.3) is 0 Å². The monoisotopic (exact) mass is 497 g/mol. The third-order valence-corrected chi connectivity index (χ3v) is 5.35. The van der Waals surface area contributed by atoms with Gasteiger partial charge in [0.05, 0.1) is 14.2 Å². The summed E-state index contributed by atoms with van der Waals surface area (Å²) in [5.41, 5.74) is 7.04. The fraction of sp³-hybridized carbons (Fsp3) is 0.333. The molecule has 9 heteroatoms. The molecule has 194 valence electrons. The normalized spacial score (nSPS) is 11.1. The van der Waals surface area contributed by atoms with Crippen LogP contribution in [-0.4, -0.2) is 67.3 Å². The van der Waals surface area contributed by atoms with E-state index in [2.05, 4.69) is 5.32 Å². The fourth-order valence-corrected chi connectivity index (χ4v) is 3.36. The van der Waals surface area contributed by atoms with Gasteiger partial charge in [-0.25, -0.2) is 0 Å². The van der Waals surface area contributed by atoms with Crippen LogP contribution in [0.1, 0.15) is 30.4 Å². The number of nitrogens with zero attached hydrogens (tertiary/aromatic N) is 1. The number of nitrogens with one attached hydrogen (secondary N) is 1. The van der Waals surface area contributed by atoms with E-state index in [0.29, 0.717) is 44.1 Å². The Labute approximate surface area is 211 Å². The van der Waals surface area contributed by atoms with E-state index in [4.69, 9.17) is 15.2 Å². The first-order valence-corrected chi connectivity index (χ1v) is 11.7. The number of methoxy groups -OCH3 is 2. The molecule has 0 unspecified atom stereocenters. The van der Waals surface area contributed by atoms with Crippen molar-refractivity contribution in [3.05, 3.63) is 59.7 Å². The number of rotatable bonds is 14. The van der Waals surface area contributed by atoms with Crippen LogP contribution in [0.25, 0.3) is 12.2 Å². The Balaban J connectivity index is 1.88. The number of unbranched alkanes of at least 4 members (excludes halogenated alkanes) is 1. The SMILES string of the molecule is COc1cc(/C=C/C(=O)NCCCN(CCCCN)C(=O)/C=C/c2ccc(O)c(OC)c2)ccc1O. The molecular weight excluding hydrogens is 462 g/mol. The van der Waals surface area contributed by atoms with Crippen LogP contribution in [0.5, 0.6) is 23.0 Å². The zero-order chi connectivity index (χ0) is 26.3. The lowest BCUT2D eigenvalue weighted by Gasteiger charge is -2.21. The third kappa shape index (κ3) is 9.34. The molecular formula is C27H35N3O6. The number of aromatic hydroxyl groups is 2. The summed E-state index contributed by atoms with van der Waals surface area (Å²) < 4.78 is 10.2. The Morgan fingerprint density at radius 1 is 0.889 bits per heavy atom. The molecule has 5 N–H and O–H groups in total. The highest BCUT2D eigenvalue weighted by molar-refractivity contribution is 5.92. The van der Waals surface area contributed by atoms with Gasteiger partial charge in [-0.3, -0.25) is 9.59 Å². The second-order valence-electron chi connectivity index (χ2n) is 7.99. The molecule has 0 fully saturated rings. The first kappa shape index (κ1) is 28.3. The van der Waals surface area contributed by atoms with Gasteiger partial charge in [0.15, 0.2) is 23.0 Å². The summed E-state index contributed by atoms with van der Waals surface area (Å²) >= 11 is 0. The molecule has 2 amide bonds. The van der Waals surface area contributed by atoms with Gasteiger partial charge in [-0.2, -0.15) is 0 Å². The zero-order valence-corrected chi connectivity index (χ0v) is 20.8. The minimum absolute atomic E-state index is 0.0299. The molecule has 2 aromatic carbocycles. The molecule has 0 spiro atoms. The van der Waals surface area contributed by atoms with Crippen molar-refractivity contribution in [1.29, 1.82) is 0 Å². The molecule has 0 saturated heterocycles. The van der Waals surface area contributed by atoms with Crippen molar-refractivity contribution in [2.24, 2.45) is 5.73 Å². The standard InChI is InChI=1S/C27H35N3O6/c1-35-24-18-20(6-10-22(24)31)8-12-26(33)29-15-5-17-30(16-4-3-14-28)27(34)13-9-21-7-11-23(32)25(19-21)36-2/h6-13,18-19,31-32H,3-5,14-17,28H2,1-2H3,(H,29,33)/b12-8+,13-9+. The Kier molecular flexibility index (Phi) is 11.9. The molecule has 2 rings (SSSR count). The maximum absolute atomic E-state index is 12.8. The summed E-state index contributed by atoms with van der Waals surface area (Å²) in [6.07, 6.45) is 8.38. The van der Waals surface area contributed by atoms with E-state index in [1.807, 2.05) is 0 Å². The summed E-state index contributed by atoms with van der Waals surface area (Å²) in [5.74, 6) is 0.316. The van der Waals surface area contributed by atoms with Crippen molar-refractivity contribution >= 4 is 24.0 Å². The number of hydrogen-bond donors (Lipinski definition) is 4. The van der Waals surface area contributed by atoms with E-state index in [0.717, 1.165) is 24.0 Å². The number of amides is 2. The van der Waals surface area contributed by atoms with Crippen LogP contribution in [0.4, 0.5) is 0 Å². The van der Waals surface area contributed by atoms with Crippen LogP contribution in [0, 0.1) is 0 Å². The van der Waals surface area contributed by atoms with Crippen molar-refractivity contribution in [3.63, 3.8) is 0 Å². The second kappa shape index (κ2) is 15.1. The molecule has 2 aromatic rings. The summed E-state index contributed by atoms with van der Waals surface area (Å²) in [6, 6.07) is 9.66. The zero-order valence-electron chi connectivity index (χ0n) is 20.8. The maximum atomic E-state index is 12.8. The molecule has 0 heterocycles.